The fourth-order valence-electron chi connectivity index (χ4n) is 1.000. The summed E-state index contributed by atoms with van der Waals surface area (Å²) in [6, 6.07) is 5.99. The van der Waals surface area contributed by atoms with E-state index in [-0.39, 0.29) is 0 Å². The number of aliphatic hydroxyl groups excluding tert-OH is 1. The maximum absolute atomic E-state index is 12.6. The Labute approximate surface area is 82.1 Å². The minimum Gasteiger partial charge on any atom is -0.382 e. The van der Waals surface area contributed by atoms with Gasteiger partial charge in [0, 0.05) is 0 Å². The van der Waals surface area contributed by atoms with E-state index in [1.807, 2.05) is 0 Å². The van der Waals surface area contributed by atoms with Gasteiger partial charge in [0.2, 0.25) is 0 Å². The molecule has 0 radical (unpaired) electrons. The second-order valence-electron chi connectivity index (χ2n) is 2.93. The molecule has 0 aliphatic rings. The summed E-state index contributed by atoms with van der Waals surface area (Å²) in [7, 11) is 0. The zero-order chi connectivity index (χ0) is 11.7. The fraction of sp³-hybridized carbons (Fsp3) is 0.333. The van der Waals surface area contributed by atoms with Crippen LogP contribution < -0.4 is 0 Å². The van der Waals surface area contributed by atoms with Crippen LogP contribution in [-0.4, -0.2) is 17.2 Å². The van der Waals surface area contributed by atoms with Crippen LogP contribution in [0.25, 0.3) is 0 Å². The van der Waals surface area contributed by atoms with E-state index < -0.39 is 23.8 Å². The van der Waals surface area contributed by atoms with Crippen molar-refractivity contribution in [3.8, 4) is 0 Å². The Morgan fingerprint density at radius 1 is 0.933 bits per heavy atom. The highest BCUT2D eigenvalue weighted by Crippen LogP contribution is 2.44. The predicted molar refractivity (Wildman–Crippen MR) is 42.4 cm³/mol. The topological polar surface area (TPSA) is 20.2 Å². The number of benzene rings is 1. The summed E-state index contributed by atoms with van der Waals surface area (Å²) in [6.07, 6.45) is -8.64. The molecule has 6 heteroatoms. The van der Waals surface area contributed by atoms with Gasteiger partial charge in [-0.1, -0.05) is 30.3 Å². The zero-order valence-electron chi connectivity index (χ0n) is 7.30. The molecular weight excluding hydrogens is 219 g/mol. The summed E-state index contributed by atoms with van der Waals surface area (Å²) in [5.74, 6) is -5.14. The van der Waals surface area contributed by atoms with Crippen LogP contribution in [0.2, 0.25) is 0 Å². The van der Waals surface area contributed by atoms with E-state index in [1.54, 1.807) is 0 Å². The number of alkyl halides is 5. The Bertz CT molecular complexity index is 319. The van der Waals surface area contributed by atoms with Gasteiger partial charge in [-0.25, -0.2) is 0 Å². The lowest BCUT2D eigenvalue weighted by Gasteiger charge is -2.24. The first kappa shape index (κ1) is 11.9. The van der Waals surface area contributed by atoms with E-state index in [2.05, 4.69) is 0 Å². The third kappa shape index (κ3) is 2.26. The summed E-state index contributed by atoms with van der Waals surface area (Å²) in [5, 5.41) is 8.91. The molecule has 0 saturated carbocycles. The van der Waals surface area contributed by atoms with Gasteiger partial charge in [0.25, 0.3) is 0 Å². The van der Waals surface area contributed by atoms with Crippen molar-refractivity contribution in [2.75, 3.05) is 0 Å². The molecule has 0 fully saturated rings. The SMILES string of the molecule is OC(c1ccccc1)C(F)(F)C(F)(F)F. The molecule has 0 amide bonds. The van der Waals surface area contributed by atoms with Crippen LogP contribution in [0.15, 0.2) is 30.3 Å². The monoisotopic (exact) mass is 226 g/mol. The molecule has 1 nitrogen and oxygen atoms in total. The maximum Gasteiger partial charge on any atom is 0.456 e. The van der Waals surface area contributed by atoms with Gasteiger partial charge < -0.3 is 5.11 Å². The summed E-state index contributed by atoms with van der Waals surface area (Å²) >= 11 is 0. The predicted octanol–water partition coefficient (Wildman–Crippen LogP) is 2.92. The molecule has 0 spiro atoms. The highest BCUT2D eigenvalue weighted by atomic mass is 19.4. The van der Waals surface area contributed by atoms with Crippen LogP contribution >= 0.6 is 0 Å². The quantitative estimate of drug-likeness (QED) is 0.768. The molecule has 1 aromatic carbocycles. The third-order valence-corrected chi connectivity index (χ3v) is 1.84. The number of hydrogen-bond donors (Lipinski definition) is 1. The van der Waals surface area contributed by atoms with Crippen LogP contribution in [0.3, 0.4) is 0 Å². The molecule has 1 aromatic rings. The number of rotatable bonds is 2. The molecule has 84 valence electrons. The lowest BCUT2D eigenvalue weighted by molar-refractivity contribution is -0.315. The van der Waals surface area contributed by atoms with Crippen LogP contribution in [0, 0.1) is 0 Å². The van der Waals surface area contributed by atoms with Gasteiger partial charge in [-0.05, 0) is 5.56 Å². The van der Waals surface area contributed by atoms with Crippen molar-refractivity contribution in [1.29, 1.82) is 0 Å². The molecular formula is C9H7F5O. The van der Waals surface area contributed by atoms with Gasteiger partial charge in [0.05, 0.1) is 0 Å². The van der Waals surface area contributed by atoms with Gasteiger partial charge in [-0.3, -0.25) is 0 Å². The van der Waals surface area contributed by atoms with E-state index in [0.29, 0.717) is 0 Å². The fourth-order valence-corrected chi connectivity index (χ4v) is 1.000. The molecule has 1 unspecified atom stereocenters. The molecule has 0 bridgehead atoms. The lowest BCUT2D eigenvalue weighted by Crippen LogP contribution is -2.42. The van der Waals surface area contributed by atoms with E-state index in [9.17, 15) is 22.0 Å². The molecule has 0 aliphatic carbocycles. The van der Waals surface area contributed by atoms with E-state index in [4.69, 9.17) is 5.11 Å². The average Bonchev–Trinajstić information content (AvgIpc) is 2.16. The minimum absolute atomic E-state index is 0.472. The smallest absolute Gasteiger partial charge is 0.382 e. The Morgan fingerprint density at radius 3 is 1.80 bits per heavy atom. The molecule has 1 N–H and O–H groups in total. The lowest BCUT2D eigenvalue weighted by atomic mass is 10.0. The molecule has 0 heterocycles. The first-order valence-corrected chi connectivity index (χ1v) is 3.94. The first-order chi connectivity index (χ1) is 6.77. The molecule has 0 aromatic heterocycles. The van der Waals surface area contributed by atoms with E-state index in [1.165, 1.54) is 18.2 Å². The van der Waals surface area contributed by atoms with Crippen molar-refractivity contribution in [3.05, 3.63) is 35.9 Å². The van der Waals surface area contributed by atoms with E-state index in [0.717, 1.165) is 12.1 Å². The van der Waals surface area contributed by atoms with Crippen molar-refractivity contribution in [3.63, 3.8) is 0 Å². The van der Waals surface area contributed by atoms with Gasteiger partial charge >= 0.3 is 12.1 Å². The van der Waals surface area contributed by atoms with Gasteiger partial charge in [0.15, 0.2) is 6.10 Å². The molecule has 0 saturated heterocycles. The average molecular weight is 226 g/mol. The largest absolute Gasteiger partial charge is 0.456 e. The van der Waals surface area contributed by atoms with Gasteiger partial charge in [-0.2, -0.15) is 22.0 Å². The van der Waals surface area contributed by atoms with Crippen molar-refractivity contribution >= 4 is 0 Å². The molecule has 0 aliphatic heterocycles. The van der Waals surface area contributed by atoms with Gasteiger partial charge in [-0.15, -0.1) is 0 Å². The van der Waals surface area contributed by atoms with Crippen LogP contribution in [0.1, 0.15) is 11.7 Å². The van der Waals surface area contributed by atoms with Crippen molar-refractivity contribution < 1.29 is 27.1 Å². The van der Waals surface area contributed by atoms with E-state index >= 15 is 0 Å². The van der Waals surface area contributed by atoms with Crippen LogP contribution in [0.4, 0.5) is 22.0 Å². The Hall–Kier alpha value is -1.17. The van der Waals surface area contributed by atoms with Crippen molar-refractivity contribution in [2.45, 2.75) is 18.2 Å². The summed E-state index contributed by atoms with van der Waals surface area (Å²) in [5.41, 5.74) is -0.472. The summed E-state index contributed by atoms with van der Waals surface area (Å²) < 4.78 is 60.8. The normalized spacial score (nSPS) is 15.1. The Kier molecular flexibility index (Phi) is 2.99. The zero-order valence-corrected chi connectivity index (χ0v) is 7.30. The van der Waals surface area contributed by atoms with Crippen LogP contribution in [0.5, 0.6) is 0 Å². The van der Waals surface area contributed by atoms with Crippen LogP contribution in [-0.2, 0) is 0 Å². The number of aliphatic hydroxyl groups is 1. The number of halogens is 5. The summed E-state index contributed by atoms with van der Waals surface area (Å²) in [6.45, 7) is 0. The number of hydrogen-bond acceptors (Lipinski definition) is 1. The minimum atomic E-state index is -5.76. The second-order valence-corrected chi connectivity index (χ2v) is 2.93. The third-order valence-electron chi connectivity index (χ3n) is 1.84. The maximum atomic E-state index is 12.6. The highest BCUT2D eigenvalue weighted by Gasteiger charge is 2.62. The molecule has 1 atom stereocenters. The molecule has 15 heavy (non-hydrogen) atoms. The second kappa shape index (κ2) is 3.77. The Morgan fingerprint density at radius 2 is 1.40 bits per heavy atom. The first-order valence-electron chi connectivity index (χ1n) is 3.94. The van der Waals surface area contributed by atoms with Gasteiger partial charge in [0.1, 0.15) is 0 Å². The van der Waals surface area contributed by atoms with Crippen molar-refractivity contribution in [1.82, 2.24) is 0 Å². The summed E-state index contributed by atoms with van der Waals surface area (Å²) in [4.78, 5) is 0. The highest BCUT2D eigenvalue weighted by molar-refractivity contribution is 5.19. The molecule has 1 rings (SSSR count). The van der Waals surface area contributed by atoms with Crippen molar-refractivity contribution in [2.24, 2.45) is 0 Å². The Balaban J connectivity index is 3.00. The standard InChI is InChI=1S/C9H7F5O/c10-8(11,9(12,13)14)7(15)6-4-2-1-3-5-6/h1-5,7,15H.